The highest BCUT2D eigenvalue weighted by molar-refractivity contribution is 7.44. The Kier molecular flexibility index (Phi) is 26.5. The van der Waals surface area contributed by atoms with Crippen molar-refractivity contribution in [3.05, 3.63) is 33.4 Å². The van der Waals surface area contributed by atoms with E-state index in [-0.39, 0.29) is 112 Å². The first-order chi connectivity index (χ1) is 40.5. The lowest BCUT2D eigenvalue weighted by molar-refractivity contribution is -0.119. The normalized spacial score (nSPS) is 21.0. The molecule has 0 aliphatic carbocycles. The number of anilines is 2. The van der Waals surface area contributed by atoms with Crippen molar-refractivity contribution in [1.29, 1.82) is 15.8 Å². The molecule has 2 aliphatic heterocycles. The zero-order valence-corrected chi connectivity index (χ0v) is 57.4. The SMILES string of the molecule is CC#N.CC[C@H]1O[C@@H](n2cnc3c(=O)[nH]c(NC(=O)C(C)C)nc32)[C@H](OC(=O)OCCC#N)[C@@H]1O[Si](C)(C)C(C)(C)C.CC[C@H]1O[C@@H](n2cnc3c(=O)[nH]c(NC(=O)C(C)C)nc32)[C@H](OP(OCCC#N)N(C(C)C)C(C)C)[C@@H]1O[Si](C)(C)C(C)(C)C. The third-order valence-corrected chi connectivity index (χ3v) is 26.4. The van der Waals surface area contributed by atoms with Gasteiger partial charge in [0.1, 0.15) is 24.9 Å². The summed E-state index contributed by atoms with van der Waals surface area (Å²) in [7, 11) is -6.36. The summed E-state index contributed by atoms with van der Waals surface area (Å²) in [6.45, 7) is 42.2. The summed E-state index contributed by atoms with van der Waals surface area (Å²) in [5.41, 5.74) is -0.512. The predicted molar refractivity (Wildman–Crippen MR) is 334 cm³/mol. The second kappa shape index (κ2) is 31.4. The van der Waals surface area contributed by atoms with E-state index in [9.17, 15) is 29.2 Å². The summed E-state index contributed by atoms with van der Waals surface area (Å²) in [6, 6.07) is 5.99. The van der Waals surface area contributed by atoms with Crippen molar-refractivity contribution in [2.75, 3.05) is 23.8 Å². The number of hydrogen-bond acceptors (Lipinski definition) is 21. The van der Waals surface area contributed by atoms with Crippen LogP contribution in [0.1, 0.15) is 156 Å². The van der Waals surface area contributed by atoms with Crippen molar-refractivity contribution in [3.8, 4) is 18.2 Å². The Bertz CT molecular complexity index is 3200. The van der Waals surface area contributed by atoms with Gasteiger partial charge in [-0.25, -0.2) is 19.4 Å². The number of H-pyrrole nitrogens is 2. The summed E-state index contributed by atoms with van der Waals surface area (Å²) in [4.78, 5) is 85.9. The quantitative estimate of drug-likeness (QED) is 0.0232. The minimum atomic E-state index is -2.37. The number of aromatic amines is 2. The van der Waals surface area contributed by atoms with Crippen molar-refractivity contribution in [2.45, 2.75) is 241 Å². The Balaban J connectivity index is 0.000000359. The predicted octanol–water partition coefficient (Wildman–Crippen LogP) is 10.5. The van der Waals surface area contributed by atoms with Crippen LogP contribution in [0, 0.1) is 45.8 Å². The van der Waals surface area contributed by atoms with Crippen LogP contribution >= 0.6 is 8.53 Å². The smallest absolute Gasteiger partial charge is 0.433 e. The molecule has 2 aliphatic rings. The summed E-state index contributed by atoms with van der Waals surface area (Å²) >= 11 is 0. The molecule has 4 N–H and O–H groups in total. The monoisotopic (exact) mass is 1270 g/mol. The lowest BCUT2D eigenvalue weighted by atomic mass is 10.1. The fourth-order valence-corrected chi connectivity index (χ4v) is 13.0. The molecule has 2 amide bonds. The Morgan fingerprint density at radius 1 is 0.690 bits per heavy atom. The first kappa shape index (κ1) is 73.4. The number of carbonyl (C=O) groups excluding carboxylic acids is 3. The van der Waals surface area contributed by atoms with Crippen LogP contribution in [0.4, 0.5) is 16.7 Å². The molecule has 30 heteroatoms. The highest BCUT2D eigenvalue weighted by atomic mass is 31.2. The fraction of sp³-hybridized carbons (Fsp3) is 0.719. The standard InChI is InChI=1S/C30H52N7O6PSi.C25H38N6O7Si.C2H3N/c1-13-21-23(43-45(11,12)30(8,9)10)24(42-44(40-16-14-15-31)37(19(4)5)20(6)7)28(41-21)36-17-32-22-25(36)33-29(35-27(22)39)34-26(38)18(2)3;1-9-15-17(38-39(7,8)25(4,5)6)18(37-24(34)35-12-10-11-26)22(36-15)31-13-27-16-19(31)28-23(30-21(16)33)29-20(32)14(2)3;1-2-3/h17-21,23-24,28H,13-14,16H2,1-12H3,(H2,33,34,35,38,39);13-15,17-18,22H,9-10,12H2,1-8H3,(H2,28,29,30,32,33);1H3/t21-,23-,24-,28-,44?;15-,17-,18-,22-;/m11./s1. The first-order valence-corrected chi connectivity index (χ1v) is 36.5. The van der Waals surface area contributed by atoms with E-state index in [2.05, 4.69) is 147 Å². The van der Waals surface area contributed by atoms with Gasteiger partial charge < -0.3 is 36.8 Å². The molecule has 87 heavy (non-hydrogen) atoms. The number of nitrogens with zero attached hydrogens (tertiary/aromatic N) is 10. The number of rotatable bonds is 23. The zero-order valence-electron chi connectivity index (χ0n) is 54.6. The molecule has 0 radical (unpaired) electrons. The molecule has 9 atom stereocenters. The summed E-state index contributed by atoms with van der Waals surface area (Å²) in [5.74, 6) is -1.26. The number of imidazole rings is 2. The molecule has 0 bridgehead atoms. The van der Waals surface area contributed by atoms with E-state index >= 15 is 0 Å². The largest absolute Gasteiger partial charge is 0.508 e. The van der Waals surface area contributed by atoms with Gasteiger partial charge in [-0.3, -0.25) is 48.9 Å². The van der Waals surface area contributed by atoms with Gasteiger partial charge in [-0.2, -0.15) is 25.8 Å². The lowest BCUT2D eigenvalue weighted by Crippen LogP contribution is -2.50. The van der Waals surface area contributed by atoms with Crippen LogP contribution < -0.4 is 21.8 Å². The maximum absolute atomic E-state index is 13.0. The number of nitriles is 3. The van der Waals surface area contributed by atoms with Crippen molar-refractivity contribution in [2.24, 2.45) is 11.8 Å². The molecular weight excluding hydrogens is 1180 g/mol. The lowest BCUT2D eigenvalue weighted by Gasteiger charge is -2.42. The highest BCUT2D eigenvalue weighted by Crippen LogP contribution is 2.53. The van der Waals surface area contributed by atoms with Gasteiger partial charge in [0, 0.05) is 30.8 Å². The average Bonchev–Trinajstić information content (AvgIpc) is 1.68. The van der Waals surface area contributed by atoms with Crippen LogP contribution in [0.15, 0.2) is 22.2 Å². The number of amides is 2. The van der Waals surface area contributed by atoms with E-state index in [0.29, 0.717) is 12.8 Å². The Hall–Kier alpha value is -6.04. The topological polar surface area (TPSA) is 351 Å². The highest BCUT2D eigenvalue weighted by Gasteiger charge is 2.55. The van der Waals surface area contributed by atoms with Gasteiger partial charge in [0.15, 0.2) is 57.5 Å². The van der Waals surface area contributed by atoms with Crippen molar-refractivity contribution >= 4 is 77.4 Å². The van der Waals surface area contributed by atoms with E-state index in [1.807, 2.05) is 19.9 Å². The molecule has 27 nitrogen and oxygen atoms in total. The van der Waals surface area contributed by atoms with E-state index in [1.54, 1.807) is 38.3 Å². The number of carbonyl (C=O) groups is 3. The van der Waals surface area contributed by atoms with Crippen molar-refractivity contribution in [3.63, 3.8) is 0 Å². The second-order valence-corrected chi connectivity index (χ2v) is 36.2. The van der Waals surface area contributed by atoms with Crippen molar-refractivity contribution < 1.29 is 51.2 Å². The number of nitrogens with one attached hydrogen (secondary N) is 4. The van der Waals surface area contributed by atoms with Crippen LogP contribution in [0.25, 0.3) is 22.3 Å². The van der Waals surface area contributed by atoms with E-state index < -0.39 is 85.4 Å². The molecule has 6 heterocycles. The number of fused-ring (bicyclic) bond motifs is 2. The molecular formula is C57H93N14O13PSi2. The Morgan fingerprint density at radius 2 is 1.08 bits per heavy atom. The third kappa shape index (κ3) is 18.5. The molecule has 2 fully saturated rings. The van der Waals surface area contributed by atoms with Gasteiger partial charge in [0.25, 0.3) is 19.6 Å². The molecule has 0 saturated carbocycles. The third-order valence-electron chi connectivity index (χ3n) is 15.3. The number of ether oxygens (including phenoxy) is 4. The van der Waals surface area contributed by atoms with Crippen molar-refractivity contribution in [1.82, 2.24) is 43.7 Å². The number of hydrogen-bond donors (Lipinski definition) is 4. The van der Waals surface area contributed by atoms with Gasteiger partial charge in [0.2, 0.25) is 23.7 Å². The molecule has 4 aromatic rings. The second-order valence-electron chi connectivity index (χ2n) is 25.3. The molecule has 0 aromatic carbocycles. The Morgan fingerprint density at radius 3 is 1.45 bits per heavy atom. The minimum Gasteiger partial charge on any atom is -0.433 e. The van der Waals surface area contributed by atoms with Gasteiger partial charge in [-0.05, 0) is 76.8 Å². The van der Waals surface area contributed by atoms with Gasteiger partial charge in [-0.15, -0.1) is 0 Å². The van der Waals surface area contributed by atoms with Crippen LogP contribution in [-0.4, -0.2) is 140 Å². The van der Waals surface area contributed by atoms with Crippen LogP contribution in [0.3, 0.4) is 0 Å². The molecule has 2 saturated heterocycles. The minimum absolute atomic E-state index is 0.0188. The maximum Gasteiger partial charge on any atom is 0.508 e. The molecule has 1 unspecified atom stereocenters. The number of aromatic nitrogens is 8. The summed E-state index contributed by atoms with van der Waals surface area (Å²) < 4.78 is 56.4. The van der Waals surface area contributed by atoms with Gasteiger partial charge in [0.05, 0.1) is 62.5 Å². The van der Waals surface area contributed by atoms with Crippen LogP contribution in [-0.2, 0) is 46.4 Å². The fourth-order valence-electron chi connectivity index (χ4n) is 8.67. The molecule has 4 aromatic heterocycles. The average molecular weight is 1270 g/mol. The maximum atomic E-state index is 13.0. The van der Waals surface area contributed by atoms with E-state index in [1.165, 1.54) is 24.1 Å². The molecule has 6 rings (SSSR count). The Labute approximate surface area is 514 Å². The van der Waals surface area contributed by atoms with Crippen LogP contribution in [0.5, 0.6) is 0 Å². The first-order valence-electron chi connectivity index (χ1n) is 29.5. The summed E-state index contributed by atoms with van der Waals surface area (Å²) in [5, 5.41) is 30.4. The summed E-state index contributed by atoms with van der Waals surface area (Å²) in [6.07, 6.45) is -1.92. The van der Waals surface area contributed by atoms with Crippen LogP contribution in [0.2, 0.25) is 36.3 Å². The van der Waals surface area contributed by atoms with E-state index in [0.717, 1.165) is 0 Å². The molecule has 482 valence electrons. The van der Waals surface area contributed by atoms with E-state index in [4.69, 9.17) is 47.4 Å². The van der Waals surface area contributed by atoms with Gasteiger partial charge >= 0.3 is 6.16 Å². The van der Waals surface area contributed by atoms with Gasteiger partial charge in [-0.1, -0.05) is 83.1 Å². The molecule has 0 spiro atoms. The zero-order chi connectivity index (χ0) is 65.7.